The first-order valence-electron chi connectivity index (χ1n) is 4.96. The maximum absolute atomic E-state index is 8.57. The van der Waals surface area contributed by atoms with Gasteiger partial charge in [-0.05, 0) is 37.0 Å². The Labute approximate surface area is 94.9 Å². The summed E-state index contributed by atoms with van der Waals surface area (Å²) in [4.78, 5) is 3.98. The minimum atomic E-state index is 0.461. The molecule has 0 aliphatic heterocycles. The number of nitrogens with one attached hydrogen (secondary N) is 1. The minimum Gasteiger partial charge on any atom is -0.384 e. The van der Waals surface area contributed by atoms with Gasteiger partial charge >= 0.3 is 0 Å². The summed E-state index contributed by atoms with van der Waals surface area (Å²) in [6, 6.07) is 5.61. The van der Waals surface area contributed by atoms with Gasteiger partial charge in [-0.25, -0.2) is 4.98 Å². The predicted molar refractivity (Wildman–Crippen MR) is 65.1 cm³/mol. The fourth-order valence-corrected chi connectivity index (χ4v) is 1.66. The van der Waals surface area contributed by atoms with Gasteiger partial charge in [0.1, 0.15) is 11.8 Å². The molecule has 0 unspecified atom stereocenters. The van der Waals surface area contributed by atoms with Crippen LogP contribution in [0.3, 0.4) is 0 Å². The third-order valence-corrected chi connectivity index (χ3v) is 2.68. The van der Waals surface area contributed by atoms with Crippen molar-refractivity contribution in [3.63, 3.8) is 0 Å². The standard InChI is InChI=1S/C11H15N3S/c1-15-7-3-2-6-13-11-5-4-10(8-12)14-9-11/h4-5,9,13H,2-3,6-7H2,1H3. The van der Waals surface area contributed by atoms with E-state index in [1.165, 1.54) is 18.6 Å². The van der Waals surface area contributed by atoms with Gasteiger partial charge < -0.3 is 5.32 Å². The van der Waals surface area contributed by atoms with Crippen molar-refractivity contribution in [2.45, 2.75) is 12.8 Å². The molecule has 0 aliphatic rings. The molecular formula is C11H15N3S. The molecule has 15 heavy (non-hydrogen) atoms. The maximum atomic E-state index is 8.57. The van der Waals surface area contributed by atoms with Crippen LogP contribution >= 0.6 is 11.8 Å². The summed E-state index contributed by atoms with van der Waals surface area (Å²) in [5, 5.41) is 11.8. The highest BCUT2D eigenvalue weighted by Gasteiger charge is 1.93. The molecule has 0 fully saturated rings. The fraction of sp³-hybridized carbons (Fsp3) is 0.455. The monoisotopic (exact) mass is 221 g/mol. The number of pyridine rings is 1. The van der Waals surface area contributed by atoms with E-state index in [2.05, 4.69) is 16.6 Å². The number of hydrogen-bond donors (Lipinski definition) is 1. The second-order valence-electron chi connectivity index (χ2n) is 3.17. The fourth-order valence-electron chi connectivity index (χ4n) is 1.17. The van der Waals surface area contributed by atoms with E-state index >= 15 is 0 Å². The molecule has 0 radical (unpaired) electrons. The van der Waals surface area contributed by atoms with Gasteiger partial charge in [-0.3, -0.25) is 0 Å². The zero-order chi connectivity index (χ0) is 10.9. The Morgan fingerprint density at radius 1 is 1.47 bits per heavy atom. The molecule has 1 rings (SSSR count). The van der Waals surface area contributed by atoms with Crippen LogP contribution in [0.5, 0.6) is 0 Å². The maximum Gasteiger partial charge on any atom is 0.140 e. The third-order valence-electron chi connectivity index (χ3n) is 1.98. The second-order valence-corrected chi connectivity index (χ2v) is 4.16. The highest BCUT2D eigenvalue weighted by atomic mass is 32.2. The molecule has 80 valence electrons. The highest BCUT2D eigenvalue weighted by Crippen LogP contribution is 2.06. The van der Waals surface area contributed by atoms with E-state index in [1.54, 1.807) is 12.3 Å². The van der Waals surface area contributed by atoms with Crippen LogP contribution in [0.15, 0.2) is 18.3 Å². The van der Waals surface area contributed by atoms with Gasteiger partial charge in [-0.2, -0.15) is 17.0 Å². The van der Waals surface area contributed by atoms with Crippen LogP contribution in [0.2, 0.25) is 0 Å². The molecule has 3 nitrogen and oxygen atoms in total. The average molecular weight is 221 g/mol. The van der Waals surface area contributed by atoms with Gasteiger partial charge in [0.05, 0.1) is 11.9 Å². The normalized spacial score (nSPS) is 9.60. The summed E-state index contributed by atoms with van der Waals surface area (Å²) in [5.41, 5.74) is 1.45. The summed E-state index contributed by atoms with van der Waals surface area (Å²) in [7, 11) is 0. The van der Waals surface area contributed by atoms with Gasteiger partial charge in [0.15, 0.2) is 0 Å². The van der Waals surface area contributed by atoms with Crippen LogP contribution in [0.4, 0.5) is 5.69 Å². The lowest BCUT2D eigenvalue weighted by Gasteiger charge is -2.04. The lowest BCUT2D eigenvalue weighted by atomic mass is 10.3. The van der Waals surface area contributed by atoms with Crippen molar-refractivity contribution in [1.82, 2.24) is 4.98 Å². The number of nitriles is 1. The number of unbranched alkanes of at least 4 members (excludes halogenated alkanes) is 1. The quantitative estimate of drug-likeness (QED) is 0.750. The smallest absolute Gasteiger partial charge is 0.140 e. The van der Waals surface area contributed by atoms with Crippen molar-refractivity contribution < 1.29 is 0 Å². The molecule has 0 saturated carbocycles. The highest BCUT2D eigenvalue weighted by molar-refractivity contribution is 7.98. The molecule has 1 heterocycles. The molecule has 0 bridgehead atoms. The Kier molecular flexibility index (Phi) is 5.64. The molecular weight excluding hydrogens is 206 g/mol. The van der Waals surface area contributed by atoms with Crippen molar-refractivity contribution in [3.8, 4) is 6.07 Å². The zero-order valence-electron chi connectivity index (χ0n) is 8.86. The van der Waals surface area contributed by atoms with E-state index in [4.69, 9.17) is 5.26 Å². The van der Waals surface area contributed by atoms with Crippen LogP contribution < -0.4 is 5.32 Å². The Hall–Kier alpha value is -1.21. The summed E-state index contributed by atoms with van der Waals surface area (Å²) in [6.07, 6.45) is 6.23. The van der Waals surface area contributed by atoms with E-state index in [0.717, 1.165) is 12.2 Å². The Bertz CT molecular complexity index is 316. The Balaban J connectivity index is 2.23. The third kappa shape index (κ3) is 4.71. The van der Waals surface area contributed by atoms with Crippen molar-refractivity contribution in [3.05, 3.63) is 24.0 Å². The Morgan fingerprint density at radius 3 is 2.93 bits per heavy atom. The first kappa shape index (κ1) is 11.9. The predicted octanol–water partition coefficient (Wildman–Crippen LogP) is 2.51. The van der Waals surface area contributed by atoms with Crippen LogP contribution in [-0.4, -0.2) is 23.5 Å². The summed E-state index contributed by atoms with van der Waals surface area (Å²) >= 11 is 1.88. The van der Waals surface area contributed by atoms with Crippen molar-refractivity contribution in [1.29, 1.82) is 5.26 Å². The number of hydrogen-bond acceptors (Lipinski definition) is 4. The van der Waals surface area contributed by atoms with Gasteiger partial charge in [-0.15, -0.1) is 0 Å². The van der Waals surface area contributed by atoms with Crippen LogP contribution in [0, 0.1) is 11.3 Å². The largest absolute Gasteiger partial charge is 0.384 e. The lowest BCUT2D eigenvalue weighted by molar-refractivity contribution is 0.843. The number of rotatable bonds is 6. The van der Waals surface area contributed by atoms with E-state index < -0.39 is 0 Å². The summed E-state index contributed by atoms with van der Waals surface area (Å²) in [6.45, 7) is 0.966. The summed E-state index contributed by atoms with van der Waals surface area (Å²) in [5.74, 6) is 1.22. The van der Waals surface area contributed by atoms with Crippen molar-refractivity contribution in [2.75, 3.05) is 23.9 Å². The number of nitrogens with zero attached hydrogens (tertiary/aromatic N) is 2. The molecule has 0 spiro atoms. The topological polar surface area (TPSA) is 48.7 Å². The van der Waals surface area contributed by atoms with E-state index in [1.807, 2.05) is 23.9 Å². The zero-order valence-corrected chi connectivity index (χ0v) is 9.68. The molecule has 0 saturated heterocycles. The molecule has 1 aromatic rings. The van der Waals surface area contributed by atoms with Crippen LogP contribution in [0.25, 0.3) is 0 Å². The Morgan fingerprint density at radius 2 is 2.33 bits per heavy atom. The molecule has 0 amide bonds. The molecule has 4 heteroatoms. The first-order valence-corrected chi connectivity index (χ1v) is 6.35. The average Bonchev–Trinajstić information content (AvgIpc) is 2.30. The van der Waals surface area contributed by atoms with Crippen molar-refractivity contribution in [2.24, 2.45) is 0 Å². The van der Waals surface area contributed by atoms with E-state index in [-0.39, 0.29) is 0 Å². The molecule has 1 N–H and O–H groups in total. The first-order chi connectivity index (χ1) is 7.36. The molecule has 0 atom stereocenters. The van der Waals surface area contributed by atoms with Gasteiger partial charge in [0, 0.05) is 6.54 Å². The molecule has 1 aromatic heterocycles. The van der Waals surface area contributed by atoms with E-state index in [9.17, 15) is 0 Å². The second kappa shape index (κ2) is 7.13. The minimum absolute atomic E-state index is 0.461. The molecule has 0 aliphatic carbocycles. The van der Waals surface area contributed by atoms with Gasteiger partial charge in [0.2, 0.25) is 0 Å². The number of anilines is 1. The van der Waals surface area contributed by atoms with Crippen LogP contribution in [-0.2, 0) is 0 Å². The van der Waals surface area contributed by atoms with E-state index in [0.29, 0.717) is 5.69 Å². The van der Waals surface area contributed by atoms with Crippen LogP contribution in [0.1, 0.15) is 18.5 Å². The lowest BCUT2D eigenvalue weighted by Crippen LogP contribution is -2.02. The molecule has 0 aromatic carbocycles. The number of thioether (sulfide) groups is 1. The van der Waals surface area contributed by atoms with Gasteiger partial charge in [0.25, 0.3) is 0 Å². The van der Waals surface area contributed by atoms with Crippen molar-refractivity contribution >= 4 is 17.4 Å². The summed E-state index contributed by atoms with van der Waals surface area (Å²) < 4.78 is 0. The SMILES string of the molecule is CSCCCCNc1ccc(C#N)nc1. The number of aromatic nitrogens is 1. The van der Waals surface area contributed by atoms with Gasteiger partial charge in [-0.1, -0.05) is 0 Å².